The molecule has 0 spiro atoms. The largest absolute Gasteiger partial charge is 0.399 e. The van der Waals surface area contributed by atoms with Crippen LogP contribution in [0.3, 0.4) is 0 Å². The third-order valence-electron chi connectivity index (χ3n) is 7.57. The molecule has 43 heavy (non-hydrogen) atoms. The number of anilines is 4. The zero-order valence-corrected chi connectivity index (χ0v) is 26.8. The minimum absolute atomic E-state index is 0.408. The van der Waals surface area contributed by atoms with Gasteiger partial charge in [-0.25, -0.2) is 9.97 Å². The van der Waals surface area contributed by atoms with Crippen molar-refractivity contribution in [3.05, 3.63) is 73.1 Å². The summed E-state index contributed by atoms with van der Waals surface area (Å²) in [5.41, 5.74) is 11.7. The first-order valence-corrected chi connectivity index (χ1v) is 18.7. The van der Waals surface area contributed by atoms with Crippen LogP contribution in [-0.4, -0.2) is 72.1 Å². The molecule has 1 saturated heterocycles. The fourth-order valence-electron chi connectivity index (χ4n) is 5.15. The van der Waals surface area contributed by atoms with Gasteiger partial charge < -0.3 is 25.3 Å². The van der Waals surface area contributed by atoms with Gasteiger partial charge in [0.1, 0.15) is 24.5 Å². The minimum atomic E-state index is -1.22. The number of aromatic nitrogens is 3. The molecule has 9 nitrogen and oxygen atoms in total. The van der Waals surface area contributed by atoms with Crippen LogP contribution in [0.5, 0.6) is 0 Å². The zero-order chi connectivity index (χ0) is 30.4. The number of carbonyl (C=O) groups is 1. The predicted molar refractivity (Wildman–Crippen MR) is 180 cm³/mol. The van der Waals surface area contributed by atoms with Crippen molar-refractivity contribution in [3.63, 3.8) is 0 Å². The van der Waals surface area contributed by atoms with Crippen LogP contribution in [0, 0.1) is 0 Å². The number of nitrogens with two attached hydrogens (primary N) is 1. The number of rotatable bonds is 12. The number of fused-ring (bicyclic) bond motifs is 1. The molecule has 0 atom stereocenters. The second-order valence-electron chi connectivity index (χ2n) is 12.1. The second-order valence-corrected chi connectivity index (χ2v) is 18.1. The zero-order valence-electron chi connectivity index (χ0n) is 25.1. The van der Waals surface area contributed by atoms with Gasteiger partial charge in [0.25, 0.3) is 0 Å². The van der Waals surface area contributed by atoms with Crippen molar-refractivity contribution in [2.75, 3.05) is 55.3 Å². The third kappa shape index (κ3) is 8.23. The molecule has 3 N–H and O–H groups in total. The number of hydrogen-bond acceptors (Lipinski definition) is 8. The molecule has 0 saturated carbocycles. The smallest absolute Gasteiger partial charge is 0.244 e. The van der Waals surface area contributed by atoms with Gasteiger partial charge in [-0.3, -0.25) is 9.69 Å². The van der Waals surface area contributed by atoms with Crippen LogP contribution >= 0.6 is 11.6 Å². The number of piperazine rings is 1. The van der Waals surface area contributed by atoms with Crippen LogP contribution in [0.1, 0.15) is 0 Å². The number of nitrogens with zero attached hydrogens (tertiary/aromatic N) is 5. The molecule has 2 aromatic heterocycles. The molecule has 11 heteroatoms. The molecule has 3 heterocycles. The lowest BCUT2D eigenvalue weighted by atomic mass is 10.1. The average molecular weight is 618 g/mol. The van der Waals surface area contributed by atoms with Gasteiger partial charge in [-0.2, -0.15) is 0 Å². The van der Waals surface area contributed by atoms with E-state index in [-0.39, 0.29) is 0 Å². The molecule has 1 aliphatic rings. The van der Waals surface area contributed by atoms with E-state index >= 15 is 0 Å². The lowest BCUT2D eigenvalue weighted by Gasteiger charge is -2.35. The van der Waals surface area contributed by atoms with Crippen molar-refractivity contribution in [3.8, 4) is 11.3 Å². The Labute approximate surface area is 259 Å². The Balaban J connectivity index is 1.38. The van der Waals surface area contributed by atoms with Gasteiger partial charge in [0, 0.05) is 64.5 Å². The molecule has 0 unspecified atom stereocenters. The highest BCUT2D eigenvalue weighted by Gasteiger charge is 2.19. The van der Waals surface area contributed by atoms with E-state index in [1.54, 1.807) is 6.33 Å². The molecule has 2 aromatic carbocycles. The summed E-state index contributed by atoms with van der Waals surface area (Å²) in [6.07, 6.45) is 4.84. The fraction of sp³-hybridized carbons (Fsp3) is 0.344. The van der Waals surface area contributed by atoms with E-state index in [9.17, 15) is 4.79 Å². The van der Waals surface area contributed by atoms with Crippen molar-refractivity contribution in [1.82, 2.24) is 19.4 Å². The van der Waals surface area contributed by atoms with E-state index in [1.165, 1.54) is 11.8 Å². The van der Waals surface area contributed by atoms with Crippen LogP contribution in [0.4, 0.5) is 22.9 Å². The fourth-order valence-corrected chi connectivity index (χ4v) is 5.99. The summed E-state index contributed by atoms with van der Waals surface area (Å²) in [6, 6.07) is 19.6. The van der Waals surface area contributed by atoms with Crippen LogP contribution < -0.4 is 16.0 Å². The highest BCUT2D eigenvalue weighted by atomic mass is 35.5. The molecule has 1 aliphatic heterocycles. The Bertz CT molecular complexity index is 1580. The Morgan fingerprint density at radius 3 is 2.53 bits per heavy atom. The molecular formula is C32H40ClN7O2Si. The number of benzene rings is 2. The topological polar surface area (TPSA) is 102 Å². The van der Waals surface area contributed by atoms with Gasteiger partial charge >= 0.3 is 0 Å². The number of allylic oxidation sites excluding steroid dienone is 1. The number of halogens is 1. The van der Waals surface area contributed by atoms with Crippen molar-refractivity contribution in [2.24, 2.45) is 0 Å². The van der Waals surface area contributed by atoms with E-state index in [0.717, 1.165) is 79.2 Å². The summed E-state index contributed by atoms with van der Waals surface area (Å²) in [7, 11) is -1.22. The van der Waals surface area contributed by atoms with Gasteiger partial charge in [-0.1, -0.05) is 43.9 Å². The Kier molecular flexibility index (Phi) is 9.81. The minimum Gasteiger partial charge on any atom is -0.399 e. The lowest BCUT2D eigenvalue weighted by molar-refractivity contribution is -0.107. The lowest BCUT2D eigenvalue weighted by Crippen LogP contribution is -2.46. The Morgan fingerprint density at radius 2 is 1.84 bits per heavy atom. The third-order valence-corrected chi connectivity index (χ3v) is 9.40. The molecular weight excluding hydrogens is 578 g/mol. The average Bonchev–Trinajstić information content (AvgIpc) is 3.35. The van der Waals surface area contributed by atoms with E-state index in [2.05, 4.69) is 79.6 Å². The van der Waals surface area contributed by atoms with Crippen molar-refractivity contribution in [1.29, 1.82) is 0 Å². The number of nitrogen functional groups attached to an aromatic ring is 1. The van der Waals surface area contributed by atoms with Crippen molar-refractivity contribution in [2.45, 2.75) is 32.4 Å². The van der Waals surface area contributed by atoms with Crippen molar-refractivity contribution < 1.29 is 9.53 Å². The number of ether oxygens (including phenoxy) is 1. The maximum Gasteiger partial charge on any atom is 0.244 e. The summed E-state index contributed by atoms with van der Waals surface area (Å²) in [5.74, 6) is 0.720. The van der Waals surface area contributed by atoms with Gasteiger partial charge in [0.2, 0.25) is 5.24 Å². The number of hydrogen-bond donors (Lipinski definition) is 2. The number of carbonyl (C=O) groups excluding carboxylic acids is 1. The Morgan fingerprint density at radius 1 is 1.07 bits per heavy atom. The molecule has 4 aromatic rings. The number of nitrogens with one attached hydrogen (secondary N) is 1. The summed E-state index contributed by atoms with van der Waals surface area (Å²) in [5, 5.41) is 3.91. The highest BCUT2D eigenvalue weighted by molar-refractivity contribution is 6.76. The summed E-state index contributed by atoms with van der Waals surface area (Å²) in [6.45, 7) is 12.6. The summed E-state index contributed by atoms with van der Waals surface area (Å²) in [4.78, 5) is 24.9. The molecule has 5 rings (SSSR count). The highest BCUT2D eigenvalue weighted by Crippen LogP contribution is 2.33. The first-order chi connectivity index (χ1) is 20.7. The van der Waals surface area contributed by atoms with Gasteiger partial charge in [-0.05, 0) is 65.7 Å². The molecule has 0 amide bonds. The molecule has 226 valence electrons. The monoisotopic (exact) mass is 617 g/mol. The summed E-state index contributed by atoms with van der Waals surface area (Å²) < 4.78 is 8.36. The van der Waals surface area contributed by atoms with Crippen LogP contribution in [-0.2, 0) is 16.3 Å². The van der Waals surface area contributed by atoms with Gasteiger partial charge in [0.15, 0.2) is 0 Å². The van der Waals surface area contributed by atoms with E-state index in [1.807, 2.05) is 30.3 Å². The molecule has 0 bridgehead atoms. The molecule has 1 fully saturated rings. The Hall–Kier alpha value is -3.70. The van der Waals surface area contributed by atoms with Gasteiger partial charge in [0.05, 0.1) is 11.1 Å². The molecule has 0 radical (unpaired) electrons. The standard InChI is InChI=1S/C32H40ClN7O2Si/c1-43(2,3)19-18-42-23-40-29(21-28-31(35-22-36-32(28)40)37-26-7-4-6-25(34)20-26)24-9-11-27(12-10-24)39-16-14-38(15-17-39)13-5-8-30(33)41/h4-12,20-22H,13-19,23,34H2,1-3H3,(H,35,36,37)/b8-5+. The SMILES string of the molecule is C[Si](C)(C)CCOCn1c(-c2ccc(N3CCN(C/C=C/C(=O)Cl)CC3)cc2)cc2c(Nc3cccc(N)c3)ncnc21. The quantitative estimate of drug-likeness (QED) is 0.0639. The van der Waals surface area contributed by atoms with Gasteiger partial charge in [-0.15, -0.1) is 0 Å². The van der Waals surface area contributed by atoms with E-state index in [4.69, 9.17) is 22.1 Å². The van der Waals surface area contributed by atoms with Crippen molar-refractivity contribution >= 4 is 58.8 Å². The van der Waals surface area contributed by atoms with E-state index < -0.39 is 13.3 Å². The second kappa shape index (κ2) is 13.7. The maximum atomic E-state index is 11.0. The van der Waals surface area contributed by atoms with Crippen LogP contribution in [0.15, 0.2) is 73.1 Å². The maximum absolute atomic E-state index is 11.0. The normalized spacial score (nSPS) is 14.6. The van der Waals surface area contributed by atoms with Crippen LogP contribution in [0.25, 0.3) is 22.3 Å². The molecule has 0 aliphatic carbocycles. The van der Waals surface area contributed by atoms with E-state index in [0.29, 0.717) is 12.4 Å². The first-order valence-electron chi connectivity index (χ1n) is 14.6. The summed E-state index contributed by atoms with van der Waals surface area (Å²) >= 11 is 5.41. The predicted octanol–water partition coefficient (Wildman–Crippen LogP) is 6.18. The first kappa shape index (κ1) is 30.7. The van der Waals surface area contributed by atoms with Crippen LogP contribution in [0.2, 0.25) is 25.7 Å².